The Morgan fingerprint density at radius 1 is 1.30 bits per heavy atom. The summed E-state index contributed by atoms with van der Waals surface area (Å²) < 4.78 is 15.0. The maximum atomic E-state index is 13.2. The summed E-state index contributed by atoms with van der Waals surface area (Å²) >= 11 is 0. The molecule has 1 aromatic carbocycles. The van der Waals surface area contributed by atoms with Crippen LogP contribution in [0.2, 0.25) is 0 Å². The third-order valence-electron chi connectivity index (χ3n) is 4.06. The van der Waals surface area contributed by atoms with E-state index in [4.69, 9.17) is 0 Å². The largest absolute Gasteiger partial charge is 0.395 e. The molecule has 6 nitrogen and oxygen atoms in total. The van der Waals surface area contributed by atoms with Gasteiger partial charge in [0.05, 0.1) is 12.3 Å². The summed E-state index contributed by atoms with van der Waals surface area (Å²) in [6, 6.07) is 7.91. The zero-order chi connectivity index (χ0) is 19.2. The summed E-state index contributed by atoms with van der Waals surface area (Å²) in [7, 11) is 0. The highest BCUT2D eigenvalue weighted by Crippen LogP contribution is 2.27. The van der Waals surface area contributed by atoms with Crippen molar-refractivity contribution in [1.82, 2.24) is 19.9 Å². The summed E-state index contributed by atoms with van der Waals surface area (Å²) in [6.07, 6.45) is 6.28. The second kappa shape index (κ2) is 8.37. The lowest BCUT2D eigenvalue weighted by molar-refractivity contribution is -0.116. The minimum absolute atomic E-state index is 0.0260. The maximum absolute atomic E-state index is 13.2. The first-order chi connectivity index (χ1) is 13.1. The number of hydrogen-bond donors (Lipinski definition) is 2. The number of carbonyl (C=O) groups is 1. The Hall–Kier alpha value is -3.32. The molecule has 3 rings (SSSR count). The van der Waals surface area contributed by atoms with Crippen LogP contribution >= 0.6 is 0 Å². The van der Waals surface area contributed by atoms with Crippen molar-refractivity contribution >= 4 is 5.91 Å². The molecule has 0 spiro atoms. The Labute approximate surface area is 156 Å². The van der Waals surface area contributed by atoms with Gasteiger partial charge in [0.25, 0.3) is 0 Å². The van der Waals surface area contributed by atoms with Crippen molar-refractivity contribution in [2.45, 2.75) is 13.1 Å². The highest BCUT2D eigenvalue weighted by Gasteiger charge is 2.14. The van der Waals surface area contributed by atoms with Crippen LogP contribution in [0.15, 0.2) is 61.6 Å². The van der Waals surface area contributed by atoms with Crippen LogP contribution in [0.3, 0.4) is 0 Å². The van der Waals surface area contributed by atoms with Crippen LogP contribution in [0, 0.1) is 5.82 Å². The number of benzene rings is 1. The number of nitrogens with zero attached hydrogens (tertiary/aromatic N) is 3. The SMILES string of the molecule is C=CC(=O)NCc1cnc(-c2ccc(F)cc2)cc1-c1nccn1CCO. The first-order valence-corrected chi connectivity index (χ1v) is 8.40. The Balaban J connectivity index is 2.05. The van der Waals surface area contributed by atoms with Gasteiger partial charge in [0.15, 0.2) is 0 Å². The first kappa shape index (κ1) is 18.5. The number of pyridine rings is 1. The van der Waals surface area contributed by atoms with Crippen molar-refractivity contribution in [2.75, 3.05) is 6.61 Å². The Morgan fingerprint density at radius 2 is 2.07 bits per heavy atom. The van der Waals surface area contributed by atoms with E-state index < -0.39 is 0 Å². The summed E-state index contributed by atoms with van der Waals surface area (Å²) in [5, 5.41) is 12.0. The molecule has 0 bridgehead atoms. The summed E-state index contributed by atoms with van der Waals surface area (Å²) in [5.41, 5.74) is 2.95. The number of imidazole rings is 1. The minimum atomic E-state index is -0.318. The molecule has 138 valence electrons. The van der Waals surface area contributed by atoms with E-state index in [9.17, 15) is 14.3 Å². The Kier molecular flexibility index (Phi) is 5.73. The molecule has 0 unspecified atom stereocenters. The van der Waals surface area contributed by atoms with Crippen molar-refractivity contribution < 1.29 is 14.3 Å². The van der Waals surface area contributed by atoms with Gasteiger partial charge in [-0.15, -0.1) is 0 Å². The molecular weight excluding hydrogens is 347 g/mol. The van der Waals surface area contributed by atoms with Gasteiger partial charge in [0.2, 0.25) is 5.91 Å². The second-order valence-electron chi connectivity index (χ2n) is 5.82. The lowest BCUT2D eigenvalue weighted by Crippen LogP contribution is -2.20. The number of halogens is 1. The van der Waals surface area contributed by atoms with Crippen molar-refractivity contribution in [2.24, 2.45) is 0 Å². The monoisotopic (exact) mass is 366 g/mol. The number of carbonyl (C=O) groups excluding carboxylic acids is 1. The van der Waals surface area contributed by atoms with Gasteiger partial charge in [0.1, 0.15) is 11.6 Å². The molecule has 2 aromatic heterocycles. The fraction of sp³-hybridized carbons (Fsp3) is 0.150. The zero-order valence-corrected chi connectivity index (χ0v) is 14.6. The molecule has 7 heteroatoms. The Bertz CT molecular complexity index is 951. The molecule has 2 heterocycles. The van der Waals surface area contributed by atoms with Crippen LogP contribution in [0.1, 0.15) is 5.56 Å². The van der Waals surface area contributed by atoms with E-state index in [0.29, 0.717) is 18.1 Å². The standard InChI is InChI=1S/C20H19FN4O2/c1-2-19(27)24-13-15-12-23-18(14-3-5-16(21)6-4-14)11-17(15)20-22-7-8-25(20)9-10-26/h2-8,11-12,26H,1,9-10,13H2,(H,24,27). The summed E-state index contributed by atoms with van der Waals surface area (Å²) in [4.78, 5) is 20.4. The number of amides is 1. The van der Waals surface area contributed by atoms with Gasteiger partial charge in [-0.3, -0.25) is 9.78 Å². The second-order valence-corrected chi connectivity index (χ2v) is 5.82. The topological polar surface area (TPSA) is 80.0 Å². The zero-order valence-electron chi connectivity index (χ0n) is 14.6. The third-order valence-corrected chi connectivity index (χ3v) is 4.06. The van der Waals surface area contributed by atoms with E-state index >= 15 is 0 Å². The van der Waals surface area contributed by atoms with E-state index in [2.05, 4.69) is 21.9 Å². The van der Waals surface area contributed by atoms with E-state index in [1.54, 1.807) is 30.7 Å². The Morgan fingerprint density at radius 3 is 2.78 bits per heavy atom. The molecule has 0 aliphatic heterocycles. The van der Waals surface area contributed by atoms with Crippen LogP contribution in [-0.4, -0.2) is 32.2 Å². The molecule has 2 N–H and O–H groups in total. The molecule has 1 amide bonds. The number of nitrogens with one attached hydrogen (secondary N) is 1. The van der Waals surface area contributed by atoms with E-state index in [-0.39, 0.29) is 24.9 Å². The lowest BCUT2D eigenvalue weighted by Gasteiger charge is -2.13. The van der Waals surface area contributed by atoms with Crippen LogP contribution < -0.4 is 5.32 Å². The van der Waals surface area contributed by atoms with Gasteiger partial charge in [0, 0.05) is 48.4 Å². The number of aliphatic hydroxyl groups excluding tert-OH is 1. The van der Waals surface area contributed by atoms with Crippen LogP contribution in [0.25, 0.3) is 22.6 Å². The van der Waals surface area contributed by atoms with Gasteiger partial charge < -0.3 is 15.0 Å². The maximum Gasteiger partial charge on any atom is 0.243 e. The average molecular weight is 366 g/mol. The van der Waals surface area contributed by atoms with Gasteiger partial charge in [-0.2, -0.15) is 0 Å². The molecule has 3 aromatic rings. The predicted octanol–water partition coefficient (Wildman–Crippen LogP) is 2.55. The number of aliphatic hydroxyl groups is 1. The molecule has 27 heavy (non-hydrogen) atoms. The molecule has 0 radical (unpaired) electrons. The van der Waals surface area contributed by atoms with E-state index in [0.717, 1.165) is 16.7 Å². The van der Waals surface area contributed by atoms with Gasteiger partial charge in [-0.25, -0.2) is 9.37 Å². The molecular formula is C20H19FN4O2. The number of rotatable bonds is 7. The molecule has 0 saturated carbocycles. The normalized spacial score (nSPS) is 10.6. The third kappa shape index (κ3) is 4.27. The number of aromatic nitrogens is 3. The van der Waals surface area contributed by atoms with Crippen molar-refractivity contribution in [3.63, 3.8) is 0 Å². The smallest absolute Gasteiger partial charge is 0.243 e. The van der Waals surface area contributed by atoms with Crippen LogP contribution in [0.4, 0.5) is 4.39 Å². The van der Waals surface area contributed by atoms with Crippen molar-refractivity contribution in [3.05, 3.63) is 73.0 Å². The molecule has 0 fully saturated rings. The van der Waals surface area contributed by atoms with Gasteiger partial charge in [-0.05, 0) is 36.4 Å². The predicted molar refractivity (Wildman–Crippen MR) is 100.0 cm³/mol. The minimum Gasteiger partial charge on any atom is -0.395 e. The van der Waals surface area contributed by atoms with Gasteiger partial charge >= 0.3 is 0 Å². The quantitative estimate of drug-likeness (QED) is 0.630. The fourth-order valence-electron chi connectivity index (χ4n) is 2.71. The molecule has 0 aliphatic rings. The van der Waals surface area contributed by atoms with Crippen molar-refractivity contribution in [1.29, 1.82) is 0 Å². The molecule has 0 saturated heterocycles. The fourth-order valence-corrected chi connectivity index (χ4v) is 2.71. The first-order valence-electron chi connectivity index (χ1n) is 8.40. The lowest BCUT2D eigenvalue weighted by atomic mass is 10.0. The van der Waals surface area contributed by atoms with Gasteiger partial charge in [-0.1, -0.05) is 6.58 Å². The average Bonchev–Trinajstić information content (AvgIpc) is 3.15. The van der Waals surface area contributed by atoms with Crippen molar-refractivity contribution in [3.8, 4) is 22.6 Å². The highest BCUT2D eigenvalue weighted by molar-refractivity contribution is 5.87. The van der Waals surface area contributed by atoms with E-state index in [1.165, 1.54) is 18.2 Å². The highest BCUT2D eigenvalue weighted by atomic mass is 19.1. The van der Waals surface area contributed by atoms with Crippen LogP contribution in [0.5, 0.6) is 0 Å². The number of hydrogen-bond acceptors (Lipinski definition) is 4. The summed E-state index contributed by atoms with van der Waals surface area (Å²) in [5.74, 6) is 0.0427. The van der Waals surface area contributed by atoms with Crippen LogP contribution in [-0.2, 0) is 17.9 Å². The van der Waals surface area contributed by atoms with E-state index in [1.807, 2.05) is 10.6 Å². The summed E-state index contributed by atoms with van der Waals surface area (Å²) in [6.45, 7) is 4.06. The molecule has 0 atom stereocenters. The molecule has 0 aliphatic carbocycles.